The molecule has 2 atom stereocenters. The molecule has 0 N–H and O–H groups in total. The fourth-order valence-electron chi connectivity index (χ4n) is 11.0. The Labute approximate surface area is 454 Å². The van der Waals surface area contributed by atoms with Crippen LogP contribution in [0.5, 0.6) is 0 Å². The maximum absolute atomic E-state index is 12.1. The second-order valence-corrected chi connectivity index (χ2v) is 22.6. The van der Waals surface area contributed by atoms with Gasteiger partial charge in [-0.05, 0) is 195 Å². The number of ether oxygens (including phenoxy) is 2. The second-order valence-electron chi connectivity index (χ2n) is 22.2. The third-order valence-corrected chi connectivity index (χ3v) is 16.4. The molecule has 4 aromatic heterocycles. The van der Waals surface area contributed by atoms with E-state index < -0.39 is 0 Å². The van der Waals surface area contributed by atoms with Gasteiger partial charge in [-0.3, -0.25) is 14.3 Å². The van der Waals surface area contributed by atoms with E-state index in [2.05, 4.69) is 105 Å². The molecule has 0 radical (unpaired) electrons. The van der Waals surface area contributed by atoms with Crippen molar-refractivity contribution in [3.05, 3.63) is 77.7 Å². The lowest BCUT2D eigenvalue weighted by atomic mass is 9.82. The molecule has 0 aliphatic carbocycles. The van der Waals surface area contributed by atoms with Crippen molar-refractivity contribution < 1.29 is 28.4 Å². The molecule has 4 aromatic rings. The van der Waals surface area contributed by atoms with Crippen molar-refractivity contribution in [1.82, 2.24) is 49.1 Å². The zero-order chi connectivity index (χ0) is 53.0. The lowest BCUT2D eigenvalue weighted by Gasteiger charge is -2.37. The first-order valence-corrected chi connectivity index (χ1v) is 28.2. The minimum absolute atomic E-state index is 0. The molecule has 5 saturated heterocycles. The summed E-state index contributed by atoms with van der Waals surface area (Å²) in [5.41, 5.74) is 5.13. The predicted octanol–water partition coefficient (Wildman–Crippen LogP) is 11.0. The molecule has 9 heterocycles. The largest absolute Gasteiger partial charge is 0.498 e. The summed E-state index contributed by atoms with van der Waals surface area (Å²) in [7, 11) is -0.313. The summed E-state index contributed by atoms with van der Waals surface area (Å²) in [6, 6.07) is 10.2. The Morgan fingerprint density at radius 2 is 1.12 bits per heavy atom. The van der Waals surface area contributed by atoms with E-state index in [1.165, 1.54) is 11.1 Å². The van der Waals surface area contributed by atoms with E-state index in [0.717, 1.165) is 133 Å². The molecule has 0 bridgehead atoms. The van der Waals surface area contributed by atoms with Crippen LogP contribution in [0.15, 0.2) is 61.4 Å². The molecule has 0 spiro atoms. The maximum atomic E-state index is 12.1. The van der Waals surface area contributed by atoms with Gasteiger partial charge in [-0.25, -0.2) is 14.6 Å². The Morgan fingerprint density at radius 1 is 0.653 bits per heavy atom. The summed E-state index contributed by atoms with van der Waals surface area (Å²) >= 11 is 6.26. The van der Waals surface area contributed by atoms with Gasteiger partial charge in [0.25, 0.3) is 0 Å². The zero-order valence-corrected chi connectivity index (χ0v) is 47.0. The van der Waals surface area contributed by atoms with Crippen LogP contribution >= 0.6 is 11.6 Å². The van der Waals surface area contributed by atoms with Gasteiger partial charge in [0.15, 0.2) is 0 Å². The summed E-state index contributed by atoms with van der Waals surface area (Å²) in [6.07, 6.45) is 22.3. The van der Waals surface area contributed by atoms with Crippen LogP contribution in [-0.4, -0.2) is 157 Å². The molecule has 18 heteroatoms. The predicted molar refractivity (Wildman–Crippen MR) is 300 cm³/mol. The van der Waals surface area contributed by atoms with E-state index in [4.69, 9.17) is 35.4 Å². The van der Waals surface area contributed by atoms with Crippen LogP contribution in [0.2, 0.25) is 5.15 Å². The Morgan fingerprint density at radius 3 is 1.59 bits per heavy atom. The molecule has 0 aromatic carbocycles. The average Bonchev–Trinajstić information content (AvgIpc) is 4.02. The van der Waals surface area contributed by atoms with Gasteiger partial charge in [0.1, 0.15) is 5.15 Å². The molecule has 5 aliphatic heterocycles. The lowest BCUT2D eigenvalue weighted by molar-refractivity contribution is 0.00578. The number of carbonyl (C=O) groups is 2. The van der Waals surface area contributed by atoms with Crippen LogP contribution in [-0.2, 0) is 18.8 Å². The molecule has 75 heavy (non-hydrogen) atoms. The number of hydrogen-bond donors (Lipinski definition) is 0. The maximum Gasteiger partial charge on any atom is 0.498 e. The number of halogens is 1. The summed E-state index contributed by atoms with van der Waals surface area (Å²) in [6.45, 7) is 29.0. The van der Waals surface area contributed by atoms with Crippen molar-refractivity contribution in [1.29, 1.82) is 0 Å². The average molecular weight is 1060 g/mol. The van der Waals surface area contributed by atoms with Crippen LogP contribution in [0.1, 0.15) is 176 Å². The van der Waals surface area contributed by atoms with Crippen LogP contribution < -0.4 is 5.46 Å². The third-order valence-electron chi connectivity index (χ3n) is 16.1. The third kappa shape index (κ3) is 15.6. The van der Waals surface area contributed by atoms with Gasteiger partial charge in [-0.2, -0.15) is 10.2 Å². The van der Waals surface area contributed by atoms with Gasteiger partial charge in [-0.15, -0.1) is 0 Å². The molecule has 2 unspecified atom stereocenters. The summed E-state index contributed by atoms with van der Waals surface area (Å²) < 4.78 is 26.2. The standard InChI is InChI=1S/C25H37N5O2.C19H28ClN3O2.C12H21BN2O2.CH4/c1-4-32-25(31)29-13-6-7-22(11-16-29)28-14-9-20(10-15-28)23-8-5-12-26-24(23)21-17-27-30(18-21)19(2)3;1-2-25-19(24)23-11-4-5-16(9-14-23)22-12-7-15(8-13-22)17-6-3-10-21-18(17)20;1-9(2)15-8-10(7-14-15)13-16-11(3,4)12(5,6)17-13;/h5,8,12,17-20,22H,4,6-7,9-11,13-16H2,1-3H3;3,6,10,15-16H,2,4-5,7-9,11-14H2,1H3;7-9H,1-6H3;1H4. The zero-order valence-electron chi connectivity index (χ0n) is 46.3. The molecule has 414 valence electrons. The molecular weight excluding hydrogens is 967 g/mol. The van der Waals surface area contributed by atoms with Crippen molar-refractivity contribution in [3.63, 3.8) is 0 Å². The quantitative estimate of drug-likeness (QED) is 0.110. The monoisotopic (exact) mass is 1060 g/mol. The van der Waals surface area contributed by atoms with E-state index >= 15 is 0 Å². The Kier molecular flexibility index (Phi) is 22.0. The Balaban J connectivity index is 0.000000190. The normalized spacial score (nSPS) is 21.8. The highest BCUT2D eigenvalue weighted by atomic mass is 35.5. The van der Waals surface area contributed by atoms with Crippen molar-refractivity contribution >= 4 is 36.4 Å². The first-order valence-electron chi connectivity index (χ1n) is 27.8. The number of aromatic nitrogens is 6. The number of carbonyl (C=O) groups excluding carboxylic acids is 2. The second kappa shape index (κ2) is 27.7. The van der Waals surface area contributed by atoms with E-state index in [1.807, 2.05) is 63.9 Å². The van der Waals surface area contributed by atoms with Crippen molar-refractivity contribution in [2.45, 2.75) is 188 Å². The van der Waals surface area contributed by atoms with Crippen LogP contribution in [0.4, 0.5) is 9.59 Å². The number of rotatable bonds is 10. The number of amides is 2. The molecule has 2 amide bonds. The summed E-state index contributed by atoms with van der Waals surface area (Å²) in [5.74, 6) is 1.04. The van der Waals surface area contributed by atoms with E-state index in [1.54, 1.807) is 6.20 Å². The number of pyridine rings is 2. The van der Waals surface area contributed by atoms with Gasteiger partial charge in [-0.1, -0.05) is 31.2 Å². The Hall–Kier alpha value is -4.55. The first kappa shape index (κ1) is 59.7. The highest BCUT2D eigenvalue weighted by Crippen LogP contribution is 2.38. The van der Waals surface area contributed by atoms with Gasteiger partial charge in [0, 0.05) is 92.4 Å². The topological polar surface area (TPSA) is 145 Å². The van der Waals surface area contributed by atoms with Crippen molar-refractivity contribution in [2.75, 3.05) is 65.6 Å². The van der Waals surface area contributed by atoms with Crippen LogP contribution in [0.3, 0.4) is 0 Å². The first-order chi connectivity index (χ1) is 35.5. The van der Waals surface area contributed by atoms with Gasteiger partial charge in [0.05, 0.1) is 36.3 Å². The van der Waals surface area contributed by atoms with E-state index in [-0.39, 0.29) is 37.9 Å². The van der Waals surface area contributed by atoms with Crippen molar-refractivity contribution in [3.8, 4) is 11.3 Å². The Bertz CT molecular complexity index is 2360. The van der Waals surface area contributed by atoms with Crippen LogP contribution in [0.25, 0.3) is 11.3 Å². The highest BCUT2D eigenvalue weighted by Gasteiger charge is 2.52. The lowest BCUT2D eigenvalue weighted by Crippen LogP contribution is -2.41. The van der Waals surface area contributed by atoms with Crippen molar-refractivity contribution in [2.24, 2.45) is 0 Å². The van der Waals surface area contributed by atoms with Gasteiger partial charge in [0.2, 0.25) is 0 Å². The minimum atomic E-state index is -0.313. The van der Waals surface area contributed by atoms with E-state index in [0.29, 0.717) is 54.4 Å². The number of piperidine rings is 2. The summed E-state index contributed by atoms with van der Waals surface area (Å²) in [4.78, 5) is 42.0. The fraction of sp³-hybridized carbons (Fsp3) is 0.684. The summed E-state index contributed by atoms with van der Waals surface area (Å²) in [5, 5.41) is 9.49. The molecule has 5 fully saturated rings. The van der Waals surface area contributed by atoms with E-state index in [9.17, 15) is 9.59 Å². The molecule has 9 rings (SSSR count). The van der Waals surface area contributed by atoms with Gasteiger partial charge < -0.3 is 38.4 Å². The highest BCUT2D eigenvalue weighted by molar-refractivity contribution is 6.62. The SMILES string of the molecule is C.CC(C)n1cc(B2OC(C)(C)C(C)(C)O2)cn1.CCOC(=O)N1CCCC(N2CCC(c3cccnc3-c3cnn(C(C)C)c3)CC2)CC1.CCOC(=O)N1CCCC(N2CCC(c3cccnc3Cl)CC2)CC1. The molecule has 16 nitrogen and oxygen atoms in total. The van der Waals surface area contributed by atoms with Gasteiger partial charge >= 0.3 is 19.3 Å². The number of likely N-dealkylation sites (tertiary alicyclic amines) is 4. The minimum Gasteiger partial charge on any atom is -0.450 e. The smallest absolute Gasteiger partial charge is 0.450 e. The number of nitrogens with zero attached hydrogens (tertiary/aromatic N) is 10. The molecular formula is C57H90BClN10O6. The molecule has 0 saturated carbocycles. The fourth-order valence-corrected chi connectivity index (χ4v) is 11.3. The van der Waals surface area contributed by atoms with Crippen LogP contribution in [0, 0.1) is 0 Å². The molecule has 5 aliphatic rings. The number of hydrogen-bond acceptors (Lipinski definition) is 12.